The van der Waals surface area contributed by atoms with E-state index in [0.717, 1.165) is 0 Å². The van der Waals surface area contributed by atoms with Gasteiger partial charge in [-0.05, 0) is 19.8 Å². The van der Waals surface area contributed by atoms with Crippen LogP contribution < -0.4 is 0 Å². The van der Waals surface area contributed by atoms with Gasteiger partial charge in [-0.15, -0.1) is 11.6 Å². The third-order valence-corrected chi connectivity index (χ3v) is 2.00. The van der Waals surface area contributed by atoms with Gasteiger partial charge in [-0.25, -0.2) is 0 Å². The third kappa shape index (κ3) is 7.93. The molecule has 1 heteroatoms. The maximum atomic E-state index is 5.56. The van der Waals surface area contributed by atoms with Crippen molar-refractivity contribution in [1.82, 2.24) is 0 Å². The van der Waals surface area contributed by atoms with Crippen LogP contribution in [0.1, 0.15) is 46.0 Å². The number of halogens is 1. The Labute approximate surface area is 75.6 Å². The molecule has 0 aliphatic heterocycles. The van der Waals surface area contributed by atoms with Crippen LogP contribution in [0.15, 0.2) is 11.6 Å². The summed E-state index contributed by atoms with van der Waals surface area (Å²) >= 11 is 5.56. The molecule has 0 nitrogen and oxygen atoms in total. The Morgan fingerprint density at radius 2 is 2.00 bits per heavy atom. The Balaban J connectivity index is 3.17. The lowest BCUT2D eigenvalue weighted by atomic mass is 10.1. The van der Waals surface area contributed by atoms with Gasteiger partial charge in [0.25, 0.3) is 0 Å². The molecule has 0 spiro atoms. The molecule has 0 fully saturated rings. The quantitative estimate of drug-likeness (QED) is 0.323. The van der Waals surface area contributed by atoms with Gasteiger partial charge in [-0.3, -0.25) is 0 Å². The van der Waals surface area contributed by atoms with E-state index in [9.17, 15) is 0 Å². The maximum Gasteiger partial charge on any atom is 0.0406 e. The highest BCUT2D eigenvalue weighted by atomic mass is 35.5. The molecule has 0 atom stereocenters. The van der Waals surface area contributed by atoms with E-state index in [1.807, 2.05) is 0 Å². The van der Waals surface area contributed by atoms with Crippen LogP contribution >= 0.6 is 11.6 Å². The molecule has 0 aromatic carbocycles. The fraction of sp³-hybridized carbons (Fsp3) is 0.800. The minimum absolute atomic E-state index is 0.666. The Hall–Kier alpha value is 0.0300. The largest absolute Gasteiger partial charge is 0.122 e. The lowest BCUT2D eigenvalue weighted by molar-refractivity contribution is 0.664. The zero-order valence-electron chi connectivity index (χ0n) is 7.70. The number of hydrogen-bond acceptors (Lipinski definition) is 0. The van der Waals surface area contributed by atoms with Gasteiger partial charge in [0, 0.05) is 5.88 Å². The van der Waals surface area contributed by atoms with Gasteiger partial charge < -0.3 is 0 Å². The van der Waals surface area contributed by atoms with Crippen molar-refractivity contribution in [3.05, 3.63) is 11.6 Å². The molecule has 0 rings (SSSR count). The van der Waals surface area contributed by atoms with Crippen molar-refractivity contribution in [3.8, 4) is 0 Å². The fourth-order valence-electron chi connectivity index (χ4n) is 1.06. The first-order chi connectivity index (χ1) is 5.31. The molecular weight excluding hydrogens is 156 g/mol. The molecule has 0 aromatic heterocycles. The second-order valence-corrected chi connectivity index (χ2v) is 3.32. The molecule has 0 aliphatic carbocycles. The second-order valence-electron chi connectivity index (χ2n) is 3.02. The van der Waals surface area contributed by atoms with Crippen molar-refractivity contribution in [3.63, 3.8) is 0 Å². The molecule has 0 aromatic rings. The van der Waals surface area contributed by atoms with Crippen molar-refractivity contribution in [1.29, 1.82) is 0 Å². The summed E-state index contributed by atoms with van der Waals surface area (Å²) in [5.41, 5.74) is 1.44. The molecule has 66 valence electrons. The number of allylic oxidation sites excluding steroid dienone is 2. The van der Waals surface area contributed by atoms with Gasteiger partial charge in [-0.2, -0.15) is 0 Å². The monoisotopic (exact) mass is 174 g/mol. The van der Waals surface area contributed by atoms with Crippen molar-refractivity contribution < 1.29 is 0 Å². The lowest BCUT2D eigenvalue weighted by Gasteiger charge is -1.99. The van der Waals surface area contributed by atoms with Crippen LogP contribution in [0.2, 0.25) is 0 Å². The van der Waals surface area contributed by atoms with E-state index in [4.69, 9.17) is 11.6 Å². The molecule has 0 N–H and O–H groups in total. The average molecular weight is 175 g/mol. The average Bonchev–Trinajstić information content (AvgIpc) is 1.99. The topological polar surface area (TPSA) is 0 Å². The minimum Gasteiger partial charge on any atom is -0.122 e. The summed E-state index contributed by atoms with van der Waals surface area (Å²) in [4.78, 5) is 0. The van der Waals surface area contributed by atoms with Gasteiger partial charge in [0.05, 0.1) is 0 Å². The molecule has 0 unspecified atom stereocenters. The summed E-state index contributed by atoms with van der Waals surface area (Å²) in [7, 11) is 0. The van der Waals surface area contributed by atoms with Crippen LogP contribution in [0.25, 0.3) is 0 Å². The van der Waals surface area contributed by atoms with Gasteiger partial charge in [0.2, 0.25) is 0 Å². The molecule has 11 heavy (non-hydrogen) atoms. The van der Waals surface area contributed by atoms with Crippen molar-refractivity contribution in [2.24, 2.45) is 0 Å². The number of alkyl halides is 1. The summed E-state index contributed by atoms with van der Waals surface area (Å²) in [6, 6.07) is 0. The van der Waals surface area contributed by atoms with E-state index in [0.29, 0.717) is 5.88 Å². The summed E-state index contributed by atoms with van der Waals surface area (Å²) < 4.78 is 0. The molecule has 0 bridgehead atoms. The van der Waals surface area contributed by atoms with Crippen LogP contribution in [-0.2, 0) is 0 Å². The molecular formula is C10H19Cl. The van der Waals surface area contributed by atoms with Gasteiger partial charge in [0.15, 0.2) is 0 Å². The standard InChI is InChI=1S/C10H19Cl/c1-3-4-5-6-7-10(2)8-9-11/h8H,3-7,9H2,1-2H3/b10-8+. The molecule has 0 amide bonds. The van der Waals surface area contributed by atoms with Crippen molar-refractivity contribution in [2.75, 3.05) is 5.88 Å². The van der Waals surface area contributed by atoms with Crippen molar-refractivity contribution in [2.45, 2.75) is 46.0 Å². The first-order valence-electron chi connectivity index (χ1n) is 4.52. The highest BCUT2D eigenvalue weighted by molar-refractivity contribution is 6.18. The van der Waals surface area contributed by atoms with E-state index in [-0.39, 0.29) is 0 Å². The fourth-order valence-corrected chi connectivity index (χ4v) is 1.33. The van der Waals surface area contributed by atoms with Gasteiger partial charge >= 0.3 is 0 Å². The Bertz CT molecular complexity index is 105. The van der Waals surface area contributed by atoms with E-state index >= 15 is 0 Å². The third-order valence-electron chi connectivity index (χ3n) is 1.85. The highest BCUT2D eigenvalue weighted by Crippen LogP contribution is 2.09. The van der Waals surface area contributed by atoms with Gasteiger partial charge in [-0.1, -0.05) is 37.8 Å². The van der Waals surface area contributed by atoms with Crippen LogP contribution in [0.4, 0.5) is 0 Å². The minimum atomic E-state index is 0.666. The van der Waals surface area contributed by atoms with E-state index < -0.39 is 0 Å². The normalized spacial score (nSPS) is 12.1. The number of hydrogen-bond donors (Lipinski definition) is 0. The van der Waals surface area contributed by atoms with Crippen LogP contribution in [0.5, 0.6) is 0 Å². The zero-order valence-corrected chi connectivity index (χ0v) is 8.45. The summed E-state index contributed by atoms with van der Waals surface area (Å²) in [5, 5.41) is 0. The molecule has 0 saturated carbocycles. The van der Waals surface area contributed by atoms with Gasteiger partial charge in [0.1, 0.15) is 0 Å². The Kier molecular flexibility index (Phi) is 8.15. The molecule has 0 radical (unpaired) electrons. The number of rotatable bonds is 6. The Morgan fingerprint density at radius 3 is 2.55 bits per heavy atom. The van der Waals surface area contributed by atoms with Crippen LogP contribution in [0.3, 0.4) is 0 Å². The van der Waals surface area contributed by atoms with Crippen LogP contribution in [-0.4, -0.2) is 5.88 Å². The molecule has 0 heterocycles. The molecule has 0 aliphatic rings. The predicted molar refractivity (Wildman–Crippen MR) is 53.2 cm³/mol. The van der Waals surface area contributed by atoms with E-state index in [2.05, 4.69) is 19.9 Å². The SMILES string of the molecule is CCCCCC/C(C)=C/CCl. The number of unbranched alkanes of at least 4 members (excludes halogenated alkanes) is 3. The zero-order chi connectivity index (χ0) is 8.53. The molecule has 0 saturated heterocycles. The highest BCUT2D eigenvalue weighted by Gasteiger charge is 1.89. The maximum absolute atomic E-state index is 5.56. The predicted octanol–water partition coefficient (Wildman–Crippen LogP) is 4.14. The summed E-state index contributed by atoms with van der Waals surface area (Å²) in [6.45, 7) is 4.40. The second kappa shape index (κ2) is 8.13. The smallest absolute Gasteiger partial charge is 0.0406 e. The van der Waals surface area contributed by atoms with Crippen LogP contribution in [0, 0.1) is 0 Å². The first kappa shape index (κ1) is 11.0. The van der Waals surface area contributed by atoms with E-state index in [1.54, 1.807) is 0 Å². The van der Waals surface area contributed by atoms with E-state index in [1.165, 1.54) is 37.7 Å². The Morgan fingerprint density at radius 1 is 1.27 bits per heavy atom. The summed E-state index contributed by atoms with van der Waals surface area (Å²) in [5.74, 6) is 0.666. The van der Waals surface area contributed by atoms with Crippen molar-refractivity contribution >= 4 is 11.6 Å². The first-order valence-corrected chi connectivity index (χ1v) is 5.06. The lowest BCUT2D eigenvalue weighted by Crippen LogP contribution is -1.80. The summed E-state index contributed by atoms with van der Waals surface area (Å²) in [6.07, 6.45) is 8.71.